The van der Waals surface area contributed by atoms with Crippen molar-refractivity contribution in [3.05, 3.63) is 57.6 Å². The summed E-state index contributed by atoms with van der Waals surface area (Å²) in [7, 11) is 0. The van der Waals surface area contributed by atoms with Crippen LogP contribution in [-0.2, 0) is 6.42 Å². The molecule has 2 aromatic rings. The second kappa shape index (κ2) is 6.09. The highest BCUT2D eigenvalue weighted by Crippen LogP contribution is 2.38. The van der Waals surface area contributed by atoms with Gasteiger partial charge in [0.15, 0.2) is 0 Å². The number of thioether (sulfide) groups is 1. The van der Waals surface area contributed by atoms with E-state index in [1.54, 1.807) is 11.8 Å². The molecule has 1 aliphatic rings. The third-order valence-electron chi connectivity index (χ3n) is 3.77. The summed E-state index contributed by atoms with van der Waals surface area (Å²) in [4.78, 5) is 1.06. The molecule has 2 aromatic carbocycles. The molecule has 0 aliphatic heterocycles. The van der Waals surface area contributed by atoms with Crippen molar-refractivity contribution in [2.75, 3.05) is 6.26 Å². The largest absolute Gasteiger partial charge is 0.192 e. The van der Waals surface area contributed by atoms with Crippen molar-refractivity contribution in [2.45, 2.75) is 17.7 Å². The predicted octanol–water partition coefficient (Wildman–Crippen LogP) is 5.67. The van der Waals surface area contributed by atoms with Gasteiger partial charge in [0.2, 0.25) is 0 Å². The van der Waals surface area contributed by atoms with E-state index in [9.17, 15) is 5.26 Å². The molecule has 0 saturated heterocycles. The third kappa shape index (κ3) is 2.66. The van der Waals surface area contributed by atoms with Crippen molar-refractivity contribution in [3.63, 3.8) is 0 Å². The molecule has 0 spiro atoms. The normalized spacial score (nSPS) is 12.8. The van der Waals surface area contributed by atoms with Gasteiger partial charge in [0.1, 0.15) is 6.07 Å². The Balaban J connectivity index is 2.28. The van der Waals surface area contributed by atoms with E-state index in [0.29, 0.717) is 0 Å². The molecule has 0 atom stereocenters. The molecule has 0 aromatic heterocycles. The topological polar surface area (TPSA) is 23.8 Å². The number of nitriles is 1. The lowest BCUT2D eigenvalue weighted by molar-refractivity contribution is 0.981. The van der Waals surface area contributed by atoms with Gasteiger partial charge in [0, 0.05) is 9.37 Å². The van der Waals surface area contributed by atoms with E-state index >= 15 is 0 Å². The molecule has 1 aliphatic carbocycles. The number of fused-ring (bicyclic) bond motifs is 1. The number of halogens is 1. The molecule has 0 fully saturated rings. The van der Waals surface area contributed by atoms with E-state index in [4.69, 9.17) is 0 Å². The smallest absolute Gasteiger partial charge is 0.101 e. The molecular weight excluding hydrogens is 342 g/mol. The van der Waals surface area contributed by atoms with Crippen molar-refractivity contribution < 1.29 is 0 Å². The summed E-state index contributed by atoms with van der Waals surface area (Å²) in [5.41, 5.74) is 5.69. The summed E-state index contributed by atoms with van der Waals surface area (Å²) in [6.45, 7) is 0. The first kappa shape index (κ1) is 14.4. The second-order valence-electron chi connectivity index (χ2n) is 4.95. The van der Waals surface area contributed by atoms with E-state index in [-0.39, 0.29) is 0 Å². The summed E-state index contributed by atoms with van der Waals surface area (Å²) in [5.74, 6) is 0. The van der Waals surface area contributed by atoms with Crippen LogP contribution < -0.4 is 0 Å². The number of hydrogen-bond acceptors (Lipinski definition) is 2. The predicted molar refractivity (Wildman–Crippen MR) is 93.4 cm³/mol. The van der Waals surface area contributed by atoms with Crippen molar-refractivity contribution in [1.82, 2.24) is 0 Å². The molecule has 0 saturated carbocycles. The lowest BCUT2D eigenvalue weighted by atomic mass is 9.87. The summed E-state index contributed by atoms with van der Waals surface area (Å²) in [5, 5.41) is 9.50. The van der Waals surface area contributed by atoms with Crippen molar-refractivity contribution in [1.29, 1.82) is 5.26 Å². The number of allylic oxidation sites excluding steroid dienone is 1. The maximum Gasteiger partial charge on any atom is 0.101 e. The Morgan fingerprint density at radius 3 is 2.67 bits per heavy atom. The van der Waals surface area contributed by atoms with Crippen LogP contribution in [0.15, 0.2) is 45.8 Å². The molecule has 1 nitrogen and oxygen atoms in total. The van der Waals surface area contributed by atoms with Crippen LogP contribution in [0.2, 0.25) is 0 Å². The Labute approximate surface area is 137 Å². The minimum absolute atomic E-state index is 0.814. The van der Waals surface area contributed by atoms with Crippen LogP contribution in [0.1, 0.15) is 23.1 Å². The van der Waals surface area contributed by atoms with Crippen LogP contribution in [0.25, 0.3) is 17.2 Å². The molecule has 0 heterocycles. The average Bonchev–Trinajstić information content (AvgIpc) is 2.54. The monoisotopic (exact) mass is 355 g/mol. The summed E-state index contributed by atoms with van der Waals surface area (Å²) in [6.07, 6.45) is 8.35. The van der Waals surface area contributed by atoms with Gasteiger partial charge in [-0.05, 0) is 59.6 Å². The first-order valence-electron chi connectivity index (χ1n) is 6.81. The highest BCUT2D eigenvalue weighted by molar-refractivity contribution is 9.10. The van der Waals surface area contributed by atoms with Crippen LogP contribution in [-0.4, -0.2) is 6.26 Å². The maximum atomic E-state index is 9.50. The summed E-state index contributed by atoms with van der Waals surface area (Å²) < 4.78 is 1.08. The first-order chi connectivity index (χ1) is 10.2. The SMILES string of the molecule is CSc1cc(-c2ccc(Br)cc2)c2c(c1C#N)C=CCC2. The van der Waals surface area contributed by atoms with E-state index in [0.717, 1.165) is 33.3 Å². The standard InChI is InChI=1S/C18H14BrNS/c1-21-18-10-16(12-6-8-13(19)9-7-12)14-4-2-3-5-15(14)17(18)11-20/h3,5-10H,2,4H2,1H3. The molecule has 0 amide bonds. The Kier molecular flexibility index (Phi) is 4.19. The van der Waals surface area contributed by atoms with Gasteiger partial charge < -0.3 is 0 Å². The molecule has 3 heteroatoms. The van der Waals surface area contributed by atoms with E-state index in [1.807, 2.05) is 6.26 Å². The lowest BCUT2D eigenvalue weighted by Gasteiger charge is -2.19. The van der Waals surface area contributed by atoms with Gasteiger partial charge in [-0.2, -0.15) is 5.26 Å². The van der Waals surface area contributed by atoms with E-state index in [1.165, 1.54) is 16.7 Å². The maximum absolute atomic E-state index is 9.50. The highest BCUT2D eigenvalue weighted by atomic mass is 79.9. The van der Waals surface area contributed by atoms with Crippen molar-refractivity contribution in [2.24, 2.45) is 0 Å². The Morgan fingerprint density at radius 2 is 2.00 bits per heavy atom. The average molecular weight is 356 g/mol. The van der Waals surface area contributed by atoms with Gasteiger partial charge in [-0.3, -0.25) is 0 Å². The quantitative estimate of drug-likeness (QED) is 0.648. The number of hydrogen-bond donors (Lipinski definition) is 0. The molecule has 104 valence electrons. The van der Waals surface area contributed by atoms with E-state index in [2.05, 4.69) is 64.5 Å². The number of rotatable bonds is 2. The van der Waals surface area contributed by atoms with Gasteiger partial charge in [0.05, 0.1) is 5.56 Å². The molecule has 0 unspecified atom stereocenters. The molecule has 0 bridgehead atoms. The molecule has 0 N–H and O–H groups in total. The minimum atomic E-state index is 0.814. The number of benzene rings is 2. The summed E-state index contributed by atoms with van der Waals surface area (Å²) in [6, 6.07) is 13.0. The Morgan fingerprint density at radius 1 is 1.24 bits per heavy atom. The lowest BCUT2D eigenvalue weighted by Crippen LogP contribution is -2.02. The zero-order chi connectivity index (χ0) is 14.8. The Hall–Kier alpha value is -1.50. The fourth-order valence-electron chi connectivity index (χ4n) is 2.76. The van der Waals surface area contributed by atoms with E-state index < -0.39 is 0 Å². The van der Waals surface area contributed by atoms with Crippen LogP contribution in [0.4, 0.5) is 0 Å². The van der Waals surface area contributed by atoms with Crippen molar-refractivity contribution >= 4 is 33.8 Å². The van der Waals surface area contributed by atoms with Gasteiger partial charge in [-0.1, -0.05) is 40.2 Å². The van der Waals surface area contributed by atoms with Crippen LogP contribution >= 0.6 is 27.7 Å². The minimum Gasteiger partial charge on any atom is -0.192 e. The van der Waals surface area contributed by atoms with Crippen LogP contribution in [0.3, 0.4) is 0 Å². The molecule has 21 heavy (non-hydrogen) atoms. The van der Waals surface area contributed by atoms with Gasteiger partial charge in [-0.15, -0.1) is 11.8 Å². The molecular formula is C18H14BrNS. The third-order valence-corrected chi connectivity index (χ3v) is 5.06. The van der Waals surface area contributed by atoms with Crippen LogP contribution in [0, 0.1) is 11.3 Å². The molecule has 0 radical (unpaired) electrons. The van der Waals surface area contributed by atoms with Gasteiger partial charge in [0.25, 0.3) is 0 Å². The first-order valence-corrected chi connectivity index (χ1v) is 8.83. The van der Waals surface area contributed by atoms with Gasteiger partial charge >= 0.3 is 0 Å². The molecule has 3 rings (SSSR count). The second-order valence-corrected chi connectivity index (χ2v) is 6.72. The summed E-state index contributed by atoms with van der Waals surface area (Å²) >= 11 is 5.12. The fraction of sp³-hybridized carbons (Fsp3) is 0.167. The highest BCUT2D eigenvalue weighted by Gasteiger charge is 2.18. The number of nitrogens with zero attached hydrogens (tertiary/aromatic N) is 1. The fourth-order valence-corrected chi connectivity index (χ4v) is 3.62. The Bertz CT molecular complexity index is 754. The zero-order valence-electron chi connectivity index (χ0n) is 11.7. The zero-order valence-corrected chi connectivity index (χ0v) is 14.1. The van der Waals surface area contributed by atoms with Crippen molar-refractivity contribution in [3.8, 4) is 17.2 Å². The van der Waals surface area contributed by atoms with Crippen LogP contribution in [0.5, 0.6) is 0 Å². The van der Waals surface area contributed by atoms with Gasteiger partial charge in [-0.25, -0.2) is 0 Å².